The van der Waals surface area contributed by atoms with Crippen molar-refractivity contribution in [3.63, 3.8) is 0 Å². The maximum Gasteiger partial charge on any atom is 0.123 e. The minimum Gasteiger partial charge on any atom is -0.294 e. The number of hydrogen-bond donors (Lipinski definition) is 0. The summed E-state index contributed by atoms with van der Waals surface area (Å²) >= 11 is 1.80. The Balaban J connectivity index is 1.40. The summed E-state index contributed by atoms with van der Waals surface area (Å²) in [5.74, 6) is -0.171. The molecule has 0 saturated carbocycles. The first kappa shape index (κ1) is 17.6. The Bertz CT molecular complexity index is 835. The molecule has 26 heavy (non-hydrogen) atoms. The van der Waals surface area contributed by atoms with Crippen molar-refractivity contribution in [1.29, 1.82) is 0 Å². The summed E-state index contributed by atoms with van der Waals surface area (Å²) in [4.78, 5) is 9.83. The Labute approximate surface area is 158 Å². The molecule has 1 saturated heterocycles. The van der Waals surface area contributed by atoms with Crippen molar-refractivity contribution in [2.45, 2.75) is 25.9 Å². The van der Waals surface area contributed by atoms with Gasteiger partial charge in [-0.25, -0.2) is 9.37 Å². The summed E-state index contributed by atoms with van der Waals surface area (Å²) in [7, 11) is 0. The second kappa shape index (κ2) is 7.43. The predicted molar refractivity (Wildman–Crippen MR) is 106 cm³/mol. The van der Waals surface area contributed by atoms with E-state index in [-0.39, 0.29) is 5.82 Å². The molecule has 0 unspecified atom stereocenters. The smallest absolute Gasteiger partial charge is 0.123 e. The van der Waals surface area contributed by atoms with Gasteiger partial charge >= 0.3 is 0 Å². The van der Waals surface area contributed by atoms with Crippen molar-refractivity contribution >= 4 is 21.6 Å². The van der Waals surface area contributed by atoms with Crippen LogP contribution in [-0.4, -0.2) is 41.0 Å². The molecule has 2 heterocycles. The largest absolute Gasteiger partial charge is 0.294 e. The number of para-hydroxylation sites is 1. The Hall–Kier alpha value is -1.82. The van der Waals surface area contributed by atoms with Crippen LogP contribution in [0.5, 0.6) is 0 Å². The summed E-state index contributed by atoms with van der Waals surface area (Å²) in [5.41, 5.74) is 2.28. The zero-order valence-electron chi connectivity index (χ0n) is 15.2. The summed E-state index contributed by atoms with van der Waals surface area (Å²) < 4.78 is 14.4. The maximum absolute atomic E-state index is 13.1. The van der Waals surface area contributed by atoms with Crippen LogP contribution in [0, 0.1) is 5.82 Å². The van der Waals surface area contributed by atoms with Crippen molar-refractivity contribution in [1.82, 2.24) is 14.8 Å². The molecule has 0 radical (unpaired) electrons. The second-order valence-electron chi connectivity index (χ2n) is 7.00. The third kappa shape index (κ3) is 3.52. The van der Waals surface area contributed by atoms with E-state index in [0.717, 1.165) is 31.7 Å². The van der Waals surface area contributed by atoms with Crippen molar-refractivity contribution in [3.8, 4) is 0 Å². The first-order chi connectivity index (χ1) is 12.6. The lowest BCUT2D eigenvalue weighted by molar-refractivity contribution is 0.0782. The number of halogens is 1. The van der Waals surface area contributed by atoms with E-state index in [1.807, 2.05) is 18.2 Å². The van der Waals surface area contributed by atoms with Gasteiger partial charge in [0, 0.05) is 32.2 Å². The molecule has 2 atom stereocenters. The highest BCUT2D eigenvalue weighted by molar-refractivity contribution is 7.18. The monoisotopic (exact) mass is 369 g/mol. The van der Waals surface area contributed by atoms with Crippen LogP contribution in [0.15, 0.2) is 48.5 Å². The molecule has 136 valence electrons. The minimum atomic E-state index is -0.171. The van der Waals surface area contributed by atoms with Crippen LogP contribution >= 0.6 is 11.3 Å². The molecule has 0 amide bonds. The highest BCUT2D eigenvalue weighted by Gasteiger charge is 2.26. The molecular weight excluding hydrogens is 345 g/mol. The normalized spacial score (nSPS) is 18.9. The van der Waals surface area contributed by atoms with Gasteiger partial charge in [0.15, 0.2) is 0 Å². The van der Waals surface area contributed by atoms with E-state index >= 15 is 0 Å². The number of hydrogen-bond acceptors (Lipinski definition) is 4. The number of piperazine rings is 1. The van der Waals surface area contributed by atoms with Crippen LogP contribution in [0.25, 0.3) is 10.2 Å². The van der Waals surface area contributed by atoms with Crippen molar-refractivity contribution in [2.24, 2.45) is 0 Å². The molecule has 1 aromatic heterocycles. The zero-order chi connectivity index (χ0) is 18.1. The number of rotatable bonds is 4. The van der Waals surface area contributed by atoms with Crippen molar-refractivity contribution in [2.75, 3.05) is 26.2 Å². The summed E-state index contributed by atoms with van der Waals surface area (Å²) in [6.07, 6.45) is 0. The highest BCUT2D eigenvalue weighted by atomic mass is 32.1. The van der Waals surface area contributed by atoms with Gasteiger partial charge in [-0.1, -0.05) is 24.3 Å². The van der Waals surface area contributed by atoms with E-state index in [4.69, 9.17) is 4.98 Å². The quantitative estimate of drug-likeness (QED) is 0.654. The predicted octanol–water partition coefficient (Wildman–Crippen LogP) is 4.88. The van der Waals surface area contributed by atoms with Crippen LogP contribution in [0.3, 0.4) is 0 Å². The van der Waals surface area contributed by atoms with Gasteiger partial charge < -0.3 is 0 Å². The van der Waals surface area contributed by atoms with Crippen LogP contribution in [0.4, 0.5) is 4.39 Å². The fourth-order valence-electron chi connectivity index (χ4n) is 3.69. The fourth-order valence-corrected chi connectivity index (χ4v) is 4.74. The maximum atomic E-state index is 13.1. The van der Waals surface area contributed by atoms with Gasteiger partial charge in [0.05, 0.1) is 16.3 Å². The topological polar surface area (TPSA) is 19.4 Å². The lowest BCUT2D eigenvalue weighted by Gasteiger charge is -2.40. The third-order valence-corrected chi connectivity index (χ3v) is 6.67. The summed E-state index contributed by atoms with van der Waals surface area (Å²) in [6.45, 7) is 8.57. The number of fused-ring (bicyclic) bond motifs is 1. The van der Waals surface area contributed by atoms with Gasteiger partial charge in [-0.05, 0) is 43.7 Å². The molecule has 2 aromatic carbocycles. The third-order valence-electron chi connectivity index (χ3n) is 5.46. The lowest BCUT2D eigenvalue weighted by Crippen LogP contribution is -2.47. The molecule has 0 spiro atoms. The number of thiazole rings is 1. The Morgan fingerprint density at radius 3 is 2.15 bits per heavy atom. The Kier molecular flexibility index (Phi) is 5.02. The molecule has 5 heteroatoms. The van der Waals surface area contributed by atoms with Crippen LogP contribution in [0.2, 0.25) is 0 Å². The lowest BCUT2D eigenvalue weighted by atomic mass is 10.1. The van der Waals surface area contributed by atoms with E-state index < -0.39 is 0 Å². The summed E-state index contributed by atoms with van der Waals surface area (Å²) in [6, 6.07) is 15.9. The van der Waals surface area contributed by atoms with Gasteiger partial charge in [0.25, 0.3) is 0 Å². The minimum absolute atomic E-state index is 0.171. The second-order valence-corrected chi connectivity index (χ2v) is 8.06. The van der Waals surface area contributed by atoms with Crippen LogP contribution in [-0.2, 0) is 0 Å². The summed E-state index contributed by atoms with van der Waals surface area (Å²) in [5, 5.41) is 1.20. The van der Waals surface area contributed by atoms with E-state index in [0.29, 0.717) is 12.1 Å². The van der Waals surface area contributed by atoms with Crippen molar-refractivity contribution < 1.29 is 4.39 Å². The number of benzene rings is 2. The van der Waals surface area contributed by atoms with Gasteiger partial charge in [-0.15, -0.1) is 11.3 Å². The van der Waals surface area contributed by atoms with Crippen LogP contribution in [0.1, 0.15) is 36.5 Å². The Morgan fingerprint density at radius 1 is 0.885 bits per heavy atom. The molecule has 0 N–H and O–H groups in total. The van der Waals surface area contributed by atoms with Gasteiger partial charge in [-0.2, -0.15) is 0 Å². The van der Waals surface area contributed by atoms with Crippen molar-refractivity contribution in [3.05, 3.63) is 64.9 Å². The molecule has 1 aliphatic rings. The fraction of sp³-hybridized carbons (Fsp3) is 0.381. The highest BCUT2D eigenvalue weighted by Crippen LogP contribution is 2.31. The standard InChI is InChI=1S/C21H24FN3S/c1-15(17-7-9-18(22)10-8-17)24-11-13-25(14-12-24)16(2)21-23-19-5-3-4-6-20(19)26-21/h3-10,15-16H,11-14H2,1-2H3/t15-,16-/m1/s1. The average Bonchev–Trinajstić information content (AvgIpc) is 3.12. The molecule has 0 bridgehead atoms. The average molecular weight is 370 g/mol. The van der Waals surface area contributed by atoms with Gasteiger partial charge in [0.1, 0.15) is 10.8 Å². The molecule has 1 aliphatic heterocycles. The molecule has 3 aromatic rings. The molecule has 3 nitrogen and oxygen atoms in total. The number of nitrogens with zero attached hydrogens (tertiary/aromatic N) is 3. The zero-order valence-corrected chi connectivity index (χ0v) is 16.0. The first-order valence-corrected chi connectivity index (χ1v) is 10.0. The van der Waals surface area contributed by atoms with Gasteiger partial charge in [-0.3, -0.25) is 9.80 Å². The number of aromatic nitrogens is 1. The molecule has 1 fully saturated rings. The first-order valence-electron chi connectivity index (χ1n) is 9.21. The van der Waals surface area contributed by atoms with Gasteiger partial charge in [0.2, 0.25) is 0 Å². The van der Waals surface area contributed by atoms with E-state index in [9.17, 15) is 4.39 Å². The molecule has 4 rings (SSSR count). The van der Waals surface area contributed by atoms with E-state index in [2.05, 4.69) is 41.8 Å². The van der Waals surface area contributed by atoms with E-state index in [1.54, 1.807) is 23.5 Å². The van der Waals surface area contributed by atoms with E-state index in [1.165, 1.54) is 15.3 Å². The van der Waals surface area contributed by atoms with Crippen LogP contribution < -0.4 is 0 Å². The molecule has 0 aliphatic carbocycles. The Morgan fingerprint density at radius 2 is 1.50 bits per heavy atom. The molecular formula is C21H24FN3S. The SMILES string of the molecule is C[C@H](c1ccc(F)cc1)N1CCN([C@H](C)c2nc3ccccc3s2)CC1.